The first kappa shape index (κ1) is 32.3. The summed E-state index contributed by atoms with van der Waals surface area (Å²) in [7, 11) is 2.18. The van der Waals surface area contributed by atoms with Crippen molar-refractivity contribution < 1.29 is 4.79 Å². The minimum absolute atomic E-state index is 0.0223. The standard InChI is InChI=1S/C42H40ClN3O/c1-5-36-26(2)38(37-19-18-33(25-40(37)43)30-10-14-32(15-11-30)42(47)27(3)44)23-34-16-17-35(24-39(34)36)41(45)31-12-8-29(9-13-31)28-7-6-21-46(4)22-20-28/h7-19,23-25,36,44-45H,2,5-6,20-22H2,1,3-4H3. The van der Waals surface area contributed by atoms with Gasteiger partial charge in [-0.1, -0.05) is 104 Å². The highest BCUT2D eigenvalue weighted by molar-refractivity contribution is 6.44. The Labute approximate surface area is 283 Å². The molecule has 2 aliphatic rings. The minimum atomic E-state index is -0.271. The summed E-state index contributed by atoms with van der Waals surface area (Å²) in [5.41, 5.74) is 12.7. The first-order chi connectivity index (χ1) is 22.6. The lowest BCUT2D eigenvalue weighted by Gasteiger charge is -2.29. The summed E-state index contributed by atoms with van der Waals surface area (Å²) in [5, 5.41) is 17.3. The van der Waals surface area contributed by atoms with E-state index in [2.05, 4.69) is 74.0 Å². The van der Waals surface area contributed by atoms with Crippen molar-refractivity contribution in [3.63, 3.8) is 0 Å². The summed E-state index contributed by atoms with van der Waals surface area (Å²) in [6, 6.07) is 28.2. The van der Waals surface area contributed by atoms with Crippen LogP contribution in [0.15, 0.2) is 103 Å². The van der Waals surface area contributed by atoms with Crippen molar-refractivity contribution in [2.24, 2.45) is 0 Å². The number of allylic oxidation sites excluding steroid dienone is 2. The second-order valence-corrected chi connectivity index (χ2v) is 13.0. The van der Waals surface area contributed by atoms with Gasteiger partial charge in [-0.05, 0) is 96.0 Å². The maximum atomic E-state index is 12.2. The summed E-state index contributed by atoms with van der Waals surface area (Å²) in [6.45, 7) is 10.4. The van der Waals surface area contributed by atoms with Gasteiger partial charge in [0.15, 0.2) is 0 Å². The molecule has 236 valence electrons. The molecule has 0 saturated carbocycles. The van der Waals surface area contributed by atoms with Crippen LogP contribution in [0.5, 0.6) is 0 Å². The maximum Gasteiger partial charge on any atom is 0.206 e. The summed E-state index contributed by atoms with van der Waals surface area (Å²) in [4.78, 5) is 14.5. The average molecular weight is 638 g/mol. The summed E-state index contributed by atoms with van der Waals surface area (Å²) >= 11 is 6.93. The SMILES string of the molecule is C=C1C(c2ccc(-c3ccc(C(=O)C(C)=N)cc3)cc2Cl)=Cc2ccc(C(=N)c3ccc(C4=CCCN(C)CC4)cc3)cc2C1CC. The van der Waals surface area contributed by atoms with Crippen LogP contribution < -0.4 is 0 Å². The first-order valence-electron chi connectivity index (χ1n) is 16.3. The van der Waals surface area contributed by atoms with Crippen LogP contribution in [0.1, 0.15) is 82.8 Å². The molecular weight excluding hydrogens is 598 g/mol. The molecule has 5 heteroatoms. The number of halogens is 1. The zero-order valence-corrected chi connectivity index (χ0v) is 28.0. The second kappa shape index (κ2) is 13.6. The van der Waals surface area contributed by atoms with Crippen LogP contribution in [-0.4, -0.2) is 42.2 Å². The quantitative estimate of drug-likeness (QED) is 0.149. The number of benzene rings is 4. The minimum Gasteiger partial charge on any atom is -0.306 e. The van der Waals surface area contributed by atoms with Crippen molar-refractivity contribution in [2.75, 3.05) is 20.1 Å². The molecule has 2 N–H and O–H groups in total. The number of hydrogen-bond donors (Lipinski definition) is 2. The maximum absolute atomic E-state index is 12.2. The van der Waals surface area contributed by atoms with Crippen LogP contribution in [0.25, 0.3) is 28.3 Å². The predicted octanol–water partition coefficient (Wildman–Crippen LogP) is 10.4. The van der Waals surface area contributed by atoms with Gasteiger partial charge in [-0.2, -0.15) is 0 Å². The Morgan fingerprint density at radius 2 is 1.53 bits per heavy atom. The van der Waals surface area contributed by atoms with Gasteiger partial charge >= 0.3 is 0 Å². The van der Waals surface area contributed by atoms with Crippen LogP contribution in [0.4, 0.5) is 0 Å². The Balaban J connectivity index is 1.25. The molecule has 1 aliphatic heterocycles. The summed E-state index contributed by atoms with van der Waals surface area (Å²) < 4.78 is 0. The van der Waals surface area contributed by atoms with Gasteiger partial charge in [0.2, 0.25) is 5.78 Å². The van der Waals surface area contributed by atoms with Crippen LogP contribution in [-0.2, 0) is 0 Å². The summed E-state index contributed by atoms with van der Waals surface area (Å²) in [6.07, 6.45) is 7.54. The third kappa shape index (κ3) is 6.62. The Hall–Kier alpha value is -4.64. The molecule has 4 nitrogen and oxygen atoms in total. The van der Waals surface area contributed by atoms with Crippen molar-refractivity contribution in [1.82, 2.24) is 4.90 Å². The number of nitrogens with one attached hydrogen (secondary N) is 2. The highest BCUT2D eigenvalue weighted by Gasteiger charge is 2.26. The molecule has 4 aromatic carbocycles. The summed E-state index contributed by atoms with van der Waals surface area (Å²) in [5.74, 6) is -0.161. The van der Waals surface area contributed by atoms with Crippen molar-refractivity contribution in [3.8, 4) is 11.1 Å². The molecule has 0 bridgehead atoms. The normalized spacial score (nSPS) is 16.5. The van der Waals surface area contributed by atoms with Crippen molar-refractivity contribution in [3.05, 3.63) is 147 Å². The molecule has 1 atom stereocenters. The van der Waals surface area contributed by atoms with E-state index in [4.69, 9.17) is 22.4 Å². The Kier molecular flexibility index (Phi) is 9.35. The van der Waals surface area contributed by atoms with Crippen molar-refractivity contribution >= 4 is 46.0 Å². The topological polar surface area (TPSA) is 68.0 Å². The van der Waals surface area contributed by atoms with Crippen molar-refractivity contribution in [1.29, 1.82) is 10.8 Å². The van der Waals surface area contributed by atoms with E-state index in [0.717, 1.165) is 76.9 Å². The number of fused-ring (bicyclic) bond motifs is 1. The molecule has 0 radical (unpaired) electrons. The fraction of sp³-hybridized carbons (Fsp3) is 0.214. The molecule has 1 heterocycles. The first-order valence-corrected chi connectivity index (χ1v) is 16.6. The number of Topliss-reactive ketones (excluding diaryl/α,β-unsaturated/α-hetero) is 1. The third-order valence-corrected chi connectivity index (χ3v) is 9.83. The van der Waals surface area contributed by atoms with Gasteiger partial charge in [0, 0.05) is 46.3 Å². The van der Waals surface area contributed by atoms with Gasteiger partial charge < -0.3 is 10.3 Å². The van der Waals surface area contributed by atoms with Crippen LogP contribution in [0.2, 0.25) is 5.02 Å². The lowest BCUT2D eigenvalue weighted by atomic mass is 9.75. The zero-order valence-electron chi connectivity index (χ0n) is 27.3. The fourth-order valence-electron chi connectivity index (χ4n) is 6.71. The predicted molar refractivity (Wildman–Crippen MR) is 198 cm³/mol. The van der Waals surface area contributed by atoms with Crippen LogP contribution in [0, 0.1) is 10.8 Å². The molecule has 0 aromatic heterocycles. The number of hydrogen-bond acceptors (Lipinski definition) is 4. The molecule has 4 aromatic rings. The number of ketones is 1. The molecule has 0 saturated heterocycles. The number of nitrogens with zero attached hydrogens (tertiary/aromatic N) is 1. The number of carbonyl (C=O) groups excluding carboxylic acids is 1. The smallest absolute Gasteiger partial charge is 0.206 e. The van der Waals surface area contributed by atoms with E-state index in [1.807, 2.05) is 36.4 Å². The van der Waals surface area contributed by atoms with E-state index in [1.54, 1.807) is 12.1 Å². The lowest BCUT2D eigenvalue weighted by molar-refractivity contribution is 0.106. The third-order valence-electron chi connectivity index (χ3n) is 9.51. The van der Waals surface area contributed by atoms with Gasteiger partial charge in [0.1, 0.15) is 0 Å². The lowest BCUT2D eigenvalue weighted by Crippen LogP contribution is -2.18. The van der Waals surface area contributed by atoms with E-state index in [0.29, 0.717) is 16.3 Å². The molecule has 0 amide bonds. The molecule has 47 heavy (non-hydrogen) atoms. The van der Waals surface area contributed by atoms with Gasteiger partial charge in [0.05, 0.1) is 11.4 Å². The molecule has 1 unspecified atom stereocenters. The van der Waals surface area contributed by atoms with Gasteiger partial charge in [-0.25, -0.2) is 0 Å². The van der Waals surface area contributed by atoms with Gasteiger partial charge in [-0.15, -0.1) is 0 Å². The second-order valence-electron chi connectivity index (χ2n) is 12.6. The highest BCUT2D eigenvalue weighted by atomic mass is 35.5. The molecule has 6 rings (SSSR count). The van der Waals surface area contributed by atoms with E-state index in [9.17, 15) is 4.79 Å². The monoisotopic (exact) mass is 637 g/mol. The van der Waals surface area contributed by atoms with Crippen molar-refractivity contribution in [2.45, 2.75) is 39.0 Å². The van der Waals surface area contributed by atoms with Crippen LogP contribution >= 0.6 is 11.6 Å². The van der Waals surface area contributed by atoms with E-state index in [1.165, 1.54) is 23.6 Å². The Bertz CT molecular complexity index is 1960. The van der Waals surface area contributed by atoms with Gasteiger partial charge in [0.25, 0.3) is 0 Å². The van der Waals surface area contributed by atoms with E-state index < -0.39 is 0 Å². The zero-order chi connectivity index (χ0) is 33.2. The van der Waals surface area contributed by atoms with Gasteiger partial charge in [-0.3, -0.25) is 10.2 Å². The molecule has 0 fully saturated rings. The number of rotatable bonds is 8. The highest BCUT2D eigenvalue weighted by Crippen LogP contribution is 2.45. The Morgan fingerprint density at radius 3 is 2.21 bits per heavy atom. The van der Waals surface area contributed by atoms with E-state index in [-0.39, 0.29) is 17.4 Å². The molecule has 1 aliphatic carbocycles. The Morgan fingerprint density at radius 1 is 0.872 bits per heavy atom. The van der Waals surface area contributed by atoms with Crippen LogP contribution in [0.3, 0.4) is 0 Å². The fourth-order valence-corrected chi connectivity index (χ4v) is 6.99. The molecular formula is C42H40ClN3O. The average Bonchev–Trinajstić information content (AvgIpc) is 3.31. The van der Waals surface area contributed by atoms with E-state index >= 15 is 0 Å². The number of carbonyl (C=O) groups is 1. The largest absolute Gasteiger partial charge is 0.306 e. The molecule has 0 spiro atoms.